The minimum Gasteiger partial charge on any atom is -0.371 e. The van der Waals surface area contributed by atoms with Gasteiger partial charge in [0.2, 0.25) is 5.91 Å². The molecule has 1 aliphatic heterocycles. The standard InChI is InChI=1S/C17H16ClFN2O2/c18-13-4-3-12(9-14(13)19)17-15(5-7-23-17)21-16(22)8-11-2-1-6-20-10-11/h1-4,6,9-10,15,17H,5,7-8H2,(H,21,22)/t15-,17-/m1/s1. The molecule has 0 aliphatic carbocycles. The van der Waals surface area contributed by atoms with Crippen molar-refractivity contribution in [3.05, 3.63) is 64.7 Å². The normalized spacial score (nSPS) is 20.4. The second-order valence-corrected chi connectivity index (χ2v) is 5.87. The van der Waals surface area contributed by atoms with Crippen LogP contribution >= 0.6 is 11.6 Å². The van der Waals surface area contributed by atoms with Gasteiger partial charge in [-0.25, -0.2) is 4.39 Å². The lowest BCUT2D eigenvalue weighted by Crippen LogP contribution is -2.37. The van der Waals surface area contributed by atoms with Gasteiger partial charge in [-0.1, -0.05) is 23.7 Å². The van der Waals surface area contributed by atoms with E-state index in [1.807, 2.05) is 6.07 Å². The molecule has 1 N–H and O–H groups in total. The highest BCUT2D eigenvalue weighted by atomic mass is 35.5. The SMILES string of the molecule is O=C(Cc1cccnc1)N[C@@H]1CCO[C@@H]1c1ccc(Cl)c(F)c1. The Kier molecular flexibility index (Phi) is 4.88. The third kappa shape index (κ3) is 3.86. The van der Waals surface area contributed by atoms with Gasteiger partial charge < -0.3 is 10.1 Å². The second kappa shape index (κ2) is 7.06. The summed E-state index contributed by atoms with van der Waals surface area (Å²) in [6.45, 7) is 0.521. The summed E-state index contributed by atoms with van der Waals surface area (Å²) in [6, 6.07) is 8.05. The first kappa shape index (κ1) is 15.9. The Balaban J connectivity index is 1.67. The molecule has 2 heterocycles. The number of benzene rings is 1. The Hall–Kier alpha value is -1.98. The van der Waals surface area contributed by atoms with Gasteiger partial charge in [0.05, 0.1) is 17.5 Å². The minimum atomic E-state index is -0.486. The topological polar surface area (TPSA) is 51.2 Å². The summed E-state index contributed by atoms with van der Waals surface area (Å²) in [5.41, 5.74) is 1.52. The first-order chi connectivity index (χ1) is 11.1. The molecular weight excluding hydrogens is 319 g/mol. The van der Waals surface area contributed by atoms with Crippen LogP contribution in [0.4, 0.5) is 4.39 Å². The van der Waals surface area contributed by atoms with Crippen LogP contribution in [0, 0.1) is 5.82 Å². The number of halogens is 2. The van der Waals surface area contributed by atoms with E-state index in [1.54, 1.807) is 24.5 Å². The Labute approximate surface area is 138 Å². The van der Waals surface area contributed by atoms with Crippen molar-refractivity contribution >= 4 is 17.5 Å². The Morgan fingerprint density at radius 2 is 2.30 bits per heavy atom. The molecule has 23 heavy (non-hydrogen) atoms. The summed E-state index contributed by atoms with van der Waals surface area (Å²) in [5, 5.41) is 3.04. The molecule has 1 saturated heterocycles. The molecular formula is C17H16ClFN2O2. The predicted octanol–water partition coefficient (Wildman–Crippen LogP) is 3.06. The molecule has 0 spiro atoms. The molecule has 1 aliphatic rings. The third-order valence-electron chi connectivity index (χ3n) is 3.80. The lowest BCUT2D eigenvalue weighted by Gasteiger charge is -2.20. The van der Waals surface area contributed by atoms with Gasteiger partial charge in [-0.05, 0) is 35.7 Å². The van der Waals surface area contributed by atoms with E-state index >= 15 is 0 Å². The average Bonchev–Trinajstić information content (AvgIpc) is 2.99. The zero-order chi connectivity index (χ0) is 16.2. The number of pyridine rings is 1. The summed E-state index contributed by atoms with van der Waals surface area (Å²) >= 11 is 5.71. The number of carbonyl (C=O) groups is 1. The molecule has 2 aromatic rings. The highest BCUT2D eigenvalue weighted by Gasteiger charge is 2.31. The van der Waals surface area contributed by atoms with Crippen LogP contribution in [0.25, 0.3) is 0 Å². The maximum atomic E-state index is 13.6. The lowest BCUT2D eigenvalue weighted by molar-refractivity contribution is -0.121. The first-order valence-corrected chi connectivity index (χ1v) is 7.76. The van der Waals surface area contributed by atoms with Crippen molar-refractivity contribution in [2.75, 3.05) is 6.61 Å². The molecule has 2 atom stereocenters. The van der Waals surface area contributed by atoms with Crippen LogP contribution in [-0.2, 0) is 16.0 Å². The van der Waals surface area contributed by atoms with Gasteiger partial charge >= 0.3 is 0 Å². The number of carbonyl (C=O) groups excluding carboxylic acids is 1. The van der Waals surface area contributed by atoms with Crippen molar-refractivity contribution in [3.8, 4) is 0 Å². The number of nitrogens with one attached hydrogen (secondary N) is 1. The molecule has 1 fully saturated rings. The monoisotopic (exact) mass is 334 g/mol. The van der Waals surface area contributed by atoms with Gasteiger partial charge in [-0.2, -0.15) is 0 Å². The van der Waals surface area contributed by atoms with E-state index < -0.39 is 5.82 Å². The van der Waals surface area contributed by atoms with Gasteiger partial charge in [0.15, 0.2) is 0 Å². The molecule has 0 radical (unpaired) electrons. The van der Waals surface area contributed by atoms with Crippen molar-refractivity contribution in [2.24, 2.45) is 0 Å². The maximum Gasteiger partial charge on any atom is 0.224 e. The van der Waals surface area contributed by atoms with Gasteiger partial charge in [0.25, 0.3) is 0 Å². The van der Waals surface area contributed by atoms with E-state index in [-0.39, 0.29) is 29.5 Å². The van der Waals surface area contributed by atoms with E-state index in [0.717, 1.165) is 5.56 Å². The molecule has 120 valence electrons. The summed E-state index contributed by atoms with van der Waals surface area (Å²) in [7, 11) is 0. The van der Waals surface area contributed by atoms with Gasteiger partial charge in [-0.15, -0.1) is 0 Å². The predicted molar refractivity (Wildman–Crippen MR) is 84.6 cm³/mol. The van der Waals surface area contributed by atoms with Crippen LogP contribution in [-0.4, -0.2) is 23.5 Å². The fourth-order valence-electron chi connectivity index (χ4n) is 2.70. The number of hydrogen-bond donors (Lipinski definition) is 1. The minimum absolute atomic E-state index is 0.0731. The number of ether oxygens (including phenoxy) is 1. The van der Waals surface area contributed by atoms with Crippen molar-refractivity contribution < 1.29 is 13.9 Å². The Morgan fingerprint density at radius 3 is 3.04 bits per heavy atom. The zero-order valence-electron chi connectivity index (χ0n) is 12.3. The first-order valence-electron chi connectivity index (χ1n) is 7.38. The largest absolute Gasteiger partial charge is 0.371 e. The van der Waals surface area contributed by atoms with Gasteiger partial charge in [-0.3, -0.25) is 9.78 Å². The van der Waals surface area contributed by atoms with Crippen molar-refractivity contribution in [3.63, 3.8) is 0 Å². The average molecular weight is 335 g/mol. The lowest BCUT2D eigenvalue weighted by atomic mass is 10.0. The van der Waals surface area contributed by atoms with Crippen LogP contribution in [0.2, 0.25) is 5.02 Å². The van der Waals surface area contributed by atoms with Gasteiger partial charge in [0.1, 0.15) is 11.9 Å². The van der Waals surface area contributed by atoms with Crippen molar-refractivity contribution in [1.29, 1.82) is 0 Å². The van der Waals surface area contributed by atoms with Crippen LogP contribution < -0.4 is 5.32 Å². The van der Waals surface area contributed by atoms with Crippen molar-refractivity contribution in [1.82, 2.24) is 10.3 Å². The Bertz CT molecular complexity index is 696. The van der Waals surface area contributed by atoms with Crippen LogP contribution in [0.15, 0.2) is 42.7 Å². The van der Waals surface area contributed by atoms with Crippen molar-refractivity contribution in [2.45, 2.75) is 25.0 Å². The Morgan fingerprint density at radius 1 is 1.43 bits per heavy atom. The van der Waals surface area contributed by atoms with E-state index in [0.29, 0.717) is 18.6 Å². The molecule has 4 nitrogen and oxygen atoms in total. The molecule has 1 amide bonds. The third-order valence-corrected chi connectivity index (χ3v) is 4.10. The smallest absolute Gasteiger partial charge is 0.224 e. The summed E-state index contributed by atoms with van der Waals surface area (Å²) < 4.78 is 19.3. The number of amides is 1. The van der Waals surface area contributed by atoms with E-state index in [9.17, 15) is 9.18 Å². The second-order valence-electron chi connectivity index (χ2n) is 5.47. The highest BCUT2D eigenvalue weighted by Crippen LogP contribution is 2.31. The summed E-state index contributed by atoms with van der Waals surface area (Å²) in [6.07, 6.45) is 3.91. The number of rotatable bonds is 4. The van der Waals surface area contributed by atoms with Crippen LogP contribution in [0.1, 0.15) is 23.7 Å². The van der Waals surface area contributed by atoms with Gasteiger partial charge in [0, 0.05) is 19.0 Å². The van der Waals surface area contributed by atoms with E-state index in [2.05, 4.69) is 10.3 Å². The van der Waals surface area contributed by atoms with E-state index in [4.69, 9.17) is 16.3 Å². The fraction of sp³-hybridized carbons (Fsp3) is 0.294. The molecule has 0 saturated carbocycles. The number of nitrogens with zero attached hydrogens (tertiary/aromatic N) is 1. The quantitative estimate of drug-likeness (QED) is 0.935. The molecule has 3 rings (SSSR count). The van der Waals surface area contributed by atoms with Crippen LogP contribution in [0.3, 0.4) is 0 Å². The maximum absolute atomic E-state index is 13.6. The molecule has 1 aromatic carbocycles. The van der Waals surface area contributed by atoms with E-state index in [1.165, 1.54) is 12.1 Å². The van der Waals surface area contributed by atoms with Crippen LogP contribution in [0.5, 0.6) is 0 Å². The number of aromatic nitrogens is 1. The molecule has 6 heteroatoms. The zero-order valence-corrected chi connectivity index (χ0v) is 13.1. The molecule has 0 unspecified atom stereocenters. The molecule has 1 aromatic heterocycles. The summed E-state index contributed by atoms with van der Waals surface area (Å²) in [4.78, 5) is 16.2. The summed E-state index contributed by atoms with van der Waals surface area (Å²) in [5.74, 6) is -0.590. The highest BCUT2D eigenvalue weighted by molar-refractivity contribution is 6.30. The fourth-order valence-corrected chi connectivity index (χ4v) is 2.82. The molecule has 0 bridgehead atoms. The number of hydrogen-bond acceptors (Lipinski definition) is 3.